The van der Waals surface area contributed by atoms with Gasteiger partial charge in [0.1, 0.15) is 0 Å². The normalized spacial score (nSPS) is 11.7. The Hall–Kier alpha value is -0.000519. The molecule has 0 nitrogen and oxygen atoms in total. The predicted octanol–water partition coefficient (Wildman–Crippen LogP) is 1.62. The molecule has 0 saturated carbocycles. The molecule has 0 saturated heterocycles. The van der Waals surface area contributed by atoms with E-state index < -0.39 is 0 Å². The zero-order valence-corrected chi connectivity index (χ0v) is 4.87. The van der Waals surface area contributed by atoms with Crippen LogP contribution < -0.4 is 0 Å². The fourth-order valence-electron chi connectivity index (χ4n) is 0.153. The molecule has 0 atom stereocenters. The Bertz CT molecular complexity index is 52.3. The van der Waals surface area contributed by atoms with E-state index in [1.807, 2.05) is 30.1 Å². The summed E-state index contributed by atoms with van der Waals surface area (Å²) in [4.78, 5) is 1.81. The monoisotopic (exact) mass is 122 g/mol. The molecule has 0 aromatic heterocycles. The summed E-state index contributed by atoms with van der Waals surface area (Å²) < 4.78 is 0. The van der Waals surface area contributed by atoms with Crippen LogP contribution in [0.3, 0.4) is 0 Å². The molecular formula is C5H7Mn. The molecule has 0 aliphatic rings. The van der Waals surface area contributed by atoms with Gasteiger partial charge in [0.15, 0.2) is 0 Å². The van der Waals surface area contributed by atoms with Crippen LogP contribution in [0.15, 0.2) is 23.2 Å². The van der Waals surface area contributed by atoms with Gasteiger partial charge in [-0.2, -0.15) is 0 Å². The maximum absolute atomic E-state index is 3.12. The van der Waals surface area contributed by atoms with E-state index in [4.69, 9.17) is 0 Å². The van der Waals surface area contributed by atoms with Crippen LogP contribution in [0.1, 0.15) is 6.92 Å². The van der Waals surface area contributed by atoms with E-state index in [1.165, 1.54) is 0 Å². The van der Waals surface area contributed by atoms with Gasteiger partial charge in [-0.3, -0.25) is 0 Å². The second-order valence-corrected chi connectivity index (χ2v) is 1.24. The van der Waals surface area contributed by atoms with Gasteiger partial charge in [-0.1, -0.05) is 0 Å². The van der Waals surface area contributed by atoms with Crippen molar-refractivity contribution in [3.8, 4) is 0 Å². The first-order valence-corrected chi connectivity index (χ1v) is 2.48. The van der Waals surface area contributed by atoms with Crippen molar-refractivity contribution >= 4 is 0 Å². The first kappa shape index (κ1) is 6.00. The molecule has 0 radical (unpaired) electrons. The van der Waals surface area contributed by atoms with Crippen molar-refractivity contribution in [2.24, 2.45) is 0 Å². The summed E-state index contributed by atoms with van der Waals surface area (Å²) >= 11 is 3.12. The van der Waals surface area contributed by atoms with Crippen molar-refractivity contribution in [3.63, 3.8) is 0 Å². The average Bonchev–Trinajstić information content (AvgIpc) is 1.61. The van der Waals surface area contributed by atoms with Gasteiger partial charge in [-0.05, 0) is 0 Å². The van der Waals surface area contributed by atoms with E-state index in [-0.39, 0.29) is 0 Å². The molecule has 6 heavy (non-hydrogen) atoms. The summed E-state index contributed by atoms with van der Waals surface area (Å²) in [6, 6.07) is 0. The third-order valence-corrected chi connectivity index (χ3v) is 0.603. The molecule has 0 heterocycles. The summed E-state index contributed by atoms with van der Waals surface area (Å²) in [7, 11) is 0. The van der Waals surface area contributed by atoms with E-state index in [1.54, 1.807) is 0 Å². The molecule has 0 aliphatic heterocycles. The SMILES string of the molecule is CC=CC=[CH][Mn]. The first-order valence-electron chi connectivity index (χ1n) is 1.80. The molecule has 0 amide bonds. The number of hydrogen-bond acceptors (Lipinski definition) is 0. The Labute approximate surface area is 46.8 Å². The predicted molar refractivity (Wildman–Crippen MR) is 24.0 cm³/mol. The fraction of sp³-hybridized carbons (Fsp3) is 0.200. The summed E-state index contributed by atoms with van der Waals surface area (Å²) in [5.74, 6) is 0. The third-order valence-electron chi connectivity index (χ3n) is 0.376. The quantitative estimate of drug-likeness (QED) is 0.366. The molecule has 0 unspecified atom stereocenters. The molecule has 0 rings (SSSR count). The zero-order chi connectivity index (χ0) is 4.83. The van der Waals surface area contributed by atoms with Crippen molar-refractivity contribution in [1.29, 1.82) is 0 Å². The molecule has 0 aromatic carbocycles. The van der Waals surface area contributed by atoms with E-state index in [9.17, 15) is 0 Å². The standard InChI is InChI=1S/C5H7.Mn/c1-3-5-4-2;/h1,3-5H,2H3;. The Morgan fingerprint density at radius 3 is 2.17 bits per heavy atom. The van der Waals surface area contributed by atoms with Crippen molar-refractivity contribution in [2.75, 3.05) is 0 Å². The van der Waals surface area contributed by atoms with Gasteiger partial charge in [0.05, 0.1) is 0 Å². The van der Waals surface area contributed by atoms with Crippen LogP contribution in [0.25, 0.3) is 0 Å². The summed E-state index contributed by atoms with van der Waals surface area (Å²) in [6.07, 6.45) is 5.84. The molecule has 0 bridgehead atoms. The summed E-state index contributed by atoms with van der Waals surface area (Å²) in [5.41, 5.74) is 0. The van der Waals surface area contributed by atoms with Crippen molar-refractivity contribution < 1.29 is 16.0 Å². The fourth-order valence-corrected chi connectivity index (χ4v) is 0.284. The van der Waals surface area contributed by atoms with E-state index >= 15 is 0 Å². The minimum absolute atomic E-state index is 1.81. The molecule has 0 aliphatic carbocycles. The maximum atomic E-state index is 3.12. The van der Waals surface area contributed by atoms with E-state index in [0.717, 1.165) is 0 Å². The van der Waals surface area contributed by atoms with Crippen LogP contribution in [0.5, 0.6) is 0 Å². The van der Waals surface area contributed by atoms with Gasteiger partial charge < -0.3 is 0 Å². The van der Waals surface area contributed by atoms with Gasteiger partial charge in [0, 0.05) is 0 Å². The average molecular weight is 122 g/mol. The second-order valence-electron chi connectivity index (χ2n) is 0.844. The van der Waals surface area contributed by atoms with Gasteiger partial charge in [0.25, 0.3) is 0 Å². The van der Waals surface area contributed by atoms with Crippen LogP contribution in [-0.2, 0) is 16.0 Å². The van der Waals surface area contributed by atoms with E-state index in [0.29, 0.717) is 0 Å². The Balaban J connectivity index is 3.07. The van der Waals surface area contributed by atoms with Crippen LogP contribution in [0.2, 0.25) is 0 Å². The van der Waals surface area contributed by atoms with Crippen molar-refractivity contribution in [3.05, 3.63) is 23.2 Å². The van der Waals surface area contributed by atoms with Gasteiger partial charge >= 0.3 is 46.1 Å². The zero-order valence-electron chi connectivity index (χ0n) is 3.69. The third kappa shape index (κ3) is 4.00. The summed E-state index contributed by atoms with van der Waals surface area (Å²) in [6.45, 7) is 1.98. The molecule has 1 heteroatoms. The summed E-state index contributed by atoms with van der Waals surface area (Å²) in [5, 5.41) is 0. The number of rotatable bonds is 1. The van der Waals surface area contributed by atoms with E-state index in [2.05, 4.69) is 16.0 Å². The molecule has 0 aromatic rings. The molecule has 0 fully saturated rings. The van der Waals surface area contributed by atoms with Gasteiger partial charge in [-0.25, -0.2) is 0 Å². The van der Waals surface area contributed by atoms with Crippen LogP contribution in [0.4, 0.5) is 0 Å². The molecular weight excluding hydrogens is 115 g/mol. The molecule has 0 N–H and O–H groups in total. The van der Waals surface area contributed by atoms with Crippen LogP contribution >= 0.6 is 0 Å². The first-order chi connectivity index (χ1) is 2.91. The Morgan fingerprint density at radius 1 is 1.33 bits per heavy atom. The van der Waals surface area contributed by atoms with Gasteiger partial charge in [0.2, 0.25) is 0 Å². The van der Waals surface area contributed by atoms with Gasteiger partial charge in [-0.15, -0.1) is 0 Å². The Kier molecular flexibility index (Phi) is 5.00. The minimum atomic E-state index is 1.81. The topological polar surface area (TPSA) is 0 Å². The van der Waals surface area contributed by atoms with Crippen molar-refractivity contribution in [1.82, 2.24) is 0 Å². The van der Waals surface area contributed by atoms with Crippen molar-refractivity contribution in [2.45, 2.75) is 6.92 Å². The van der Waals surface area contributed by atoms with Crippen LogP contribution in [-0.4, -0.2) is 0 Å². The van der Waals surface area contributed by atoms with Crippen LogP contribution in [0, 0.1) is 0 Å². The molecule has 34 valence electrons. The second kappa shape index (κ2) is 5.00. The number of hydrogen-bond donors (Lipinski definition) is 0. The molecule has 0 spiro atoms. The Morgan fingerprint density at radius 2 is 2.00 bits per heavy atom. The number of allylic oxidation sites excluding steroid dienone is 3.